The summed E-state index contributed by atoms with van der Waals surface area (Å²) in [4.78, 5) is 0. The molecule has 2 atom stereocenters. The van der Waals surface area contributed by atoms with Crippen molar-refractivity contribution in [2.24, 2.45) is 17.1 Å². The van der Waals surface area contributed by atoms with E-state index in [4.69, 9.17) is 5.73 Å². The average Bonchev–Trinajstić information content (AvgIpc) is 2.26. The van der Waals surface area contributed by atoms with Gasteiger partial charge in [-0.1, -0.05) is 33.6 Å². The van der Waals surface area contributed by atoms with Gasteiger partial charge >= 0.3 is 0 Å². The minimum atomic E-state index is -3.16. The van der Waals surface area contributed by atoms with Crippen molar-refractivity contribution in [1.82, 2.24) is 4.72 Å². The van der Waals surface area contributed by atoms with E-state index >= 15 is 0 Å². The highest BCUT2D eigenvalue weighted by Crippen LogP contribution is 2.25. The van der Waals surface area contributed by atoms with Crippen LogP contribution in [0, 0.1) is 11.3 Å². The molecule has 5 heteroatoms. The quantitative estimate of drug-likeness (QED) is 0.805. The van der Waals surface area contributed by atoms with Crippen LogP contribution in [0.1, 0.15) is 52.9 Å². The van der Waals surface area contributed by atoms with Gasteiger partial charge in [-0.2, -0.15) is 0 Å². The molecule has 0 aromatic heterocycles. The number of nitrogens with two attached hydrogens (primary N) is 1. The number of rotatable bonds is 5. The Kier molecular flexibility index (Phi) is 5.62. The Balaban J connectivity index is 2.53. The first-order valence-corrected chi connectivity index (χ1v) is 8.59. The number of sulfonamides is 1. The molecule has 0 bridgehead atoms. The van der Waals surface area contributed by atoms with Gasteiger partial charge in [-0.3, -0.25) is 0 Å². The van der Waals surface area contributed by atoms with Gasteiger partial charge in [0.25, 0.3) is 0 Å². The third kappa shape index (κ3) is 5.67. The lowest BCUT2D eigenvalue weighted by molar-refractivity contribution is 0.295. The molecule has 108 valence electrons. The van der Waals surface area contributed by atoms with Crippen LogP contribution in [0.25, 0.3) is 0 Å². The molecule has 1 aliphatic rings. The molecule has 18 heavy (non-hydrogen) atoms. The predicted octanol–water partition coefficient (Wildman–Crippen LogP) is 1.86. The molecule has 0 spiro atoms. The van der Waals surface area contributed by atoms with Crippen molar-refractivity contribution in [2.45, 2.75) is 58.9 Å². The van der Waals surface area contributed by atoms with Crippen molar-refractivity contribution in [3.63, 3.8) is 0 Å². The van der Waals surface area contributed by atoms with Gasteiger partial charge in [0, 0.05) is 6.04 Å². The molecule has 0 saturated heterocycles. The van der Waals surface area contributed by atoms with Gasteiger partial charge in [0.2, 0.25) is 10.0 Å². The molecule has 4 nitrogen and oxygen atoms in total. The first-order chi connectivity index (χ1) is 8.23. The van der Waals surface area contributed by atoms with Crippen molar-refractivity contribution in [3.05, 3.63) is 0 Å². The zero-order valence-electron chi connectivity index (χ0n) is 11.9. The molecule has 0 aromatic rings. The molecule has 1 aliphatic carbocycles. The summed E-state index contributed by atoms with van der Waals surface area (Å²) in [5.41, 5.74) is 5.77. The second-order valence-corrected chi connectivity index (χ2v) is 8.51. The summed E-state index contributed by atoms with van der Waals surface area (Å²) in [7, 11) is -3.16. The number of hydrogen-bond donors (Lipinski definition) is 2. The van der Waals surface area contributed by atoms with Crippen LogP contribution in [-0.4, -0.2) is 26.8 Å². The second kappa shape index (κ2) is 6.35. The summed E-state index contributed by atoms with van der Waals surface area (Å²) in [6.45, 7) is 6.76. The molecule has 2 unspecified atom stereocenters. The van der Waals surface area contributed by atoms with E-state index in [-0.39, 0.29) is 17.2 Å². The molecule has 3 N–H and O–H groups in total. The van der Waals surface area contributed by atoms with Crippen LogP contribution < -0.4 is 10.5 Å². The van der Waals surface area contributed by atoms with Gasteiger partial charge in [0.15, 0.2) is 0 Å². The molecule has 0 aliphatic heterocycles. The van der Waals surface area contributed by atoms with Crippen molar-refractivity contribution in [3.8, 4) is 0 Å². The Bertz CT molecular complexity index is 346. The first kappa shape index (κ1) is 15.9. The Morgan fingerprint density at radius 2 is 1.83 bits per heavy atom. The molecule has 1 fully saturated rings. The monoisotopic (exact) mass is 276 g/mol. The fourth-order valence-corrected chi connectivity index (χ4v) is 4.15. The summed E-state index contributed by atoms with van der Waals surface area (Å²) in [5, 5.41) is 0. The van der Waals surface area contributed by atoms with Crippen LogP contribution in [0.4, 0.5) is 0 Å². The average molecular weight is 276 g/mol. The third-order valence-corrected chi connectivity index (χ3v) is 5.07. The van der Waals surface area contributed by atoms with Gasteiger partial charge in [-0.25, -0.2) is 13.1 Å². The van der Waals surface area contributed by atoms with Crippen LogP contribution in [0.15, 0.2) is 0 Å². The van der Waals surface area contributed by atoms with Crippen molar-refractivity contribution < 1.29 is 8.42 Å². The summed E-state index contributed by atoms with van der Waals surface area (Å²) < 4.78 is 27.0. The lowest BCUT2D eigenvalue weighted by Gasteiger charge is -2.31. The van der Waals surface area contributed by atoms with Crippen LogP contribution in [0.5, 0.6) is 0 Å². The van der Waals surface area contributed by atoms with E-state index in [0.717, 1.165) is 19.3 Å². The first-order valence-electron chi connectivity index (χ1n) is 6.93. The Hall–Kier alpha value is -0.130. The van der Waals surface area contributed by atoms with E-state index in [0.29, 0.717) is 18.9 Å². The maximum atomic E-state index is 12.1. The summed E-state index contributed by atoms with van der Waals surface area (Å²) in [6.07, 6.45) is 4.92. The zero-order valence-corrected chi connectivity index (χ0v) is 12.7. The molecule has 0 aromatic carbocycles. The molecule has 0 amide bonds. The molecule has 0 radical (unpaired) electrons. The maximum absolute atomic E-state index is 12.1. The highest BCUT2D eigenvalue weighted by molar-refractivity contribution is 7.89. The van der Waals surface area contributed by atoms with Gasteiger partial charge < -0.3 is 5.73 Å². The molecular weight excluding hydrogens is 248 g/mol. The van der Waals surface area contributed by atoms with E-state index in [1.165, 1.54) is 6.42 Å². The summed E-state index contributed by atoms with van der Waals surface area (Å²) in [5.74, 6) is 0.521. The molecular formula is C13H28N2O2S. The fourth-order valence-electron chi connectivity index (χ4n) is 2.38. The van der Waals surface area contributed by atoms with E-state index in [1.807, 2.05) is 0 Å². The van der Waals surface area contributed by atoms with E-state index in [2.05, 4.69) is 25.5 Å². The van der Waals surface area contributed by atoms with E-state index in [1.54, 1.807) is 0 Å². The lowest BCUT2D eigenvalue weighted by atomic mass is 9.85. The Labute approximate surface area is 112 Å². The van der Waals surface area contributed by atoms with Crippen LogP contribution in [0.2, 0.25) is 0 Å². The second-order valence-electron chi connectivity index (χ2n) is 6.63. The zero-order chi connectivity index (χ0) is 13.8. The fraction of sp³-hybridized carbons (Fsp3) is 1.00. The lowest BCUT2D eigenvalue weighted by Crippen LogP contribution is -2.45. The molecule has 1 saturated carbocycles. The highest BCUT2D eigenvalue weighted by atomic mass is 32.2. The van der Waals surface area contributed by atoms with Crippen molar-refractivity contribution in [2.75, 3.05) is 12.3 Å². The van der Waals surface area contributed by atoms with E-state index < -0.39 is 10.0 Å². The Morgan fingerprint density at radius 3 is 2.39 bits per heavy atom. The Morgan fingerprint density at radius 1 is 1.22 bits per heavy atom. The summed E-state index contributed by atoms with van der Waals surface area (Å²) in [6, 6.07) is 0.0497. The normalized spacial score (nSPS) is 26.2. The van der Waals surface area contributed by atoms with Gasteiger partial charge in [-0.05, 0) is 37.1 Å². The standard InChI is InChI=1S/C13H28N2O2S/c1-13(2,3)8-9-18(16,17)15-12-7-5-4-6-11(12)10-14/h11-12,15H,4-10,14H2,1-3H3. The third-order valence-electron chi connectivity index (χ3n) is 3.66. The van der Waals surface area contributed by atoms with Crippen molar-refractivity contribution >= 4 is 10.0 Å². The minimum absolute atomic E-state index is 0.0497. The number of hydrogen-bond acceptors (Lipinski definition) is 3. The largest absolute Gasteiger partial charge is 0.330 e. The highest BCUT2D eigenvalue weighted by Gasteiger charge is 2.28. The van der Waals surface area contributed by atoms with Crippen LogP contribution in [-0.2, 0) is 10.0 Å². The predicted molar refractivity (Wildman–Crippen MR) is 75.8 cm³/mol. The summed E-state index contributed by atoms with van der Waals surface area (Å²) >= 11 is 0. The van der Waals surface area contributed by atoms with Gasteiger partial charge in [-0.15, -0.1) is 0 Å². The van der Waals surface area contributed by atoms with Crippen LogP contribution >= 0.6 is 0 Å². The maximum Gasteiger partial charge on any atom is 0.211 e. The van der Waals surface area contributed by atoms with Crippen LogP contribution in [0.3, 0.4) is 0 Å². The van der Waals surface area contributed by atoms with Gasteiger partial charge in [0.1, 0.15) is 0 Å². The van der Waals surface area contributed by atoms with Crippen molar-refractivity contribution in [1.29, 1.82) is 0 Å². The topological polar surface area (TPSA) is 72.2 Å². The van der Waals surface area contributed by atoms with Gasteiger partial charge in [0.05, 0.1) is 5.75 Å². The minimum Gasteiger partial charge on any atom is -0.330 e. The van der Waals surface area contributed by atoms with E-state index in [9.17, 15) is 8.42 Å². The number of nitrogens with one attached hydrogen (secondary N) is 1. The SMILES string of the molecule is CC(C)(C)CCS(=O)(=O)NC1CCCCC1CN. The molecule has 1 rings (SSSR count). The molecule has 0 heterocycles. The smallest absolute Gasteiger partial charge is 0.211 e.